The van der Waals surface area contributed by atoms with Gasteiger partial charge in [0.05, 0.1) is 18.2 Å². The summed E-state index contributed by atoms with van der Waals surface area (Å²) >= 11 is 0. The first-order chi connectivity index (χ1) is 7.29. The third-order valence-electron chi connectivity index (χ3n) is 3.25. The van der Waals surface area contributed by atoms with Gasteiger partial charge in [-0.15, -0.1) is 0 Å². The van der Waals surface area contributed by atoms with Gasteiger partial charge in [0.15, 0.2) is 0 Å². The van der Waals surface area contributed by atoms with Gasteiger partial charge in [-0.3, -0.25) is 0 Å². The highest BCUT2D eigenvalue weighted by Gasteiger charge is 2.26. The van der Waals surface area contributed by atoms with E-state index in [0.29, 0.717) is 5.56 Å². The van der Waals surface area contributed by atoms with E-state index >= 15 is 0 Å². The molecule has 0 spiro atoms. The Kier molecular flexibility index (Phi) is 2.91. The van der Waals surface area contributed by atoms with Crippen LogP contribution in [0.5, 0.6) is 5.75 Å². The fraction of sp³-hybridized carbons (Fsp3) is 0.462. The number of rotatable bonds is 3. The number of nitrogens with zero attached hydrogens (tertiary/aromatic N) is 1. The minimum atomic E-state index is 0.680. The zero-order chi connectivity index (χ0) is 10.7. The van der Waals surface area contributed by atoms with Crippen LogP contribution in [0.3, 0.4) is 0 Å². The van der Waals surface area contributed by atoms with Crippen molar-refractivity contribution in [2.45, 2.75) is 19.8 Å². The molecule has 15 heavy (non-hydrogen) atoms. The highest BCUT2D eigenvalue weighted by molar-refractivity contribution is 5.34. The molecule has 2 atom stereocenters. The molecule has 2 rings (SSSR count). The summed E-state index contributed by atoms with van der Waals surface area (Å²) in [6, 6.07) is 9.40. The van der Waals surface area contributed by atoms with E-state index in [0.717, 1.165) is 24.2 Å². The van der Waals surface area contributed by atoms with Crippen LogP contribution in [0, 0.1) is 23.2 Å². The maximum absolute atomic E-state index is 8.64. The van der Waals surface area contributed by atoms with Crippen LogP contribution in [0.1, 0.15) is 25.3 Å². The van der Waals surface area contributed by atoms with Crippen molar-refractivity contribution in [3.05, 3.63) is 29.8 Å². The zero-order valence-electron chi connectivity index (χ0n) is 8.94. The normalized spacial score (nSPS) is 24.0. The highest BCUT2D eigenvalue weighted by atomic mass is 16.5. The average molecular weight is 201 g/mol. The van der Waals surface area contributed by atoms with Gasteiger partial charge >= 0.3 is 0 Å². The van der Waals surface area contributed by atoms with Crippen molar-refractivity contribution in [3.8, 4) is 11.8 Å². The molecule has 2 nitrogen and oxygen atoms in total. The predicted molar refractivity (Wildman–Crippen MR) is 58.5 cm³/mol. The monoisotopic (exact) mass is 201 g/mol. The molecule has 0 bridgehead atoms. The summed E-state index contributed by atoms with van der Waals surface area (Å²) < 4.78 is 5.67. The van der Waals surface area contributed by atoms with Crippen LogP contribution >= 0.6 is 0 Å². The van der Waals surface area contributed by atoms with Gasteiger partial charge in [0, 0.05) is 0 Å². The van der Waals surface area contributed by atoms with E-state index in [1.165, 1.54) is 12.8 Å². The quantitative estimate of drug-likeness (QED) is 0.753. The summed E-state index contributed by atoms with van der Waals surface area (Å²) in [6.45, 7) is 3.09. The lowest BCUT2D eigenvalue weighted by Gasteiger charge is -2.33. The van der Waals surface area contributed by atoms with Crippen molar-refractivity contribution in [3.63, 3.8) is 0 Å². The lowest BCUT2D eigenvalue weighted by molar-refractivity contribution is 0.116. The minimum Gasteiger partial charge on any atom is -0.493 e. The summed E-state index contributed by atoms with van der Waals surface area (Å²) in [7, 11) is 0. The molecule has 0 saturated heterocycles. The molecule has 0 N–H and O–H groups in total. The molecule has 0 unspecified atom stereocenters. The van der Waals surface area contributed by atoms with Gasteiger partial charge in [-0.25, -0.2) is 0 Å². The highest BCUT2D eigenvalue weighted by Crippen LogP contribution is 2.33. The fourth-order valence-electron chi connectivity index (χ4n) is 1.81. The Hall–Kier alpha value is -1.49. The molecule has 0 radical (unpaired) electrons. The molecule has 2 heteroatoms. The van der Waals surface area contributed by atoms with E-state index in [1.54, 1.807) is 12.1 Å². The molecule has 1 fully saturated rings. The van der Waals surface area contributed by atoms with Gasteiger partial charge in [-0.05, 0) is 48.9 Å². The van der Waals surface area contributed by atoms with Crippen molar-refractivity contribution < 1.29 is 4.74 Å². The van der Waals surface area contributed by atoms with Crippen LogP contribution < -0.4 is 4.74 Å². The van der Waals surface area contributed by atoms with Crippen molar-refractivity contribution in [2.75, 3.05) is 6.61 Å². The SMILES string of the molecule is C[C@@H]1CC[C@H]1COc1ccc(C#N)cc1. The van der Waals surface area contributed by atoms with Gasteiger partial charge in [0.2, 0.25) is 0 Å². The molecular weight excluding hydrogens is 186 g/mol. The van der Waals surface area contributed by atoms with Crippen LogP contribution in [-0.2, 0) is 0 Å². The Morgan fingerprint density at radius 3 is 2.53 bits per heavy atom. The smallest absolute Gasteiger partial charge is 0.119 e. The molecule has 1 aromatic rings. The van der Waals surface area contributed by atoms with Gasteiger partial charge in [-0.1, -0.05) is 6.92 Å². The lowest BCUT2D eigenvalue weighted by atomic mass is 9.75. The first-order valence-electron chi connectivity index (χ1n) is 5.42. The molecule has 78 valence electrons. The molecule has 1 saturated carbocycles. The number of nitriles is 1. The Balaban J connectivity index is 1.86. The number of benzene rings is 1. The second-order valence-electron chi connectivity index (χ2n) is 4.26. The van der Waals surface area contributed by atoms with Gasteiger partial charge in [0.1, 0.15) is 5.75 Å². The molecule has 1 aliphatic rings. The van der Waals surface area contributed by atoms with Gasteiger partial charge < -0.3 is 4.74 Å². The van der Waals surface area contributed by atoms with E-state index in [9.17, 15) is 0 Å². The summed E-state index contributed by atoms with van der Waals surface area (Å²) in [5.74, 6) is 2.40. The van der Waals surface area contributed by atoms with Crippen molar-refractivity contribution >= 4 is 0 Å². The van der Waals surface area contributed by atoms with Crippen LogP contribution in [0.4, 0.5) is 0 Å². The Morgan fingerprint density at radius 1 is 1.33 bits per heavy atom. The molecule has 0 amide bonds. The Bertz CT molecular complexity index is 363. The average Bonchev–Trinajstić information content (AvgIpc) is 2.28. The third kappa shape index (κ3) is 2.30. The second kappa shape index (κ2) is 4.35. The standard InChI is InChI=1S/C13H15NO/c1-10-2-5-12(10)9-15-13-6-3-11(8-14)4-7-13/h3-4,6-7,10,12H,2,5,9H2,1H3/t10-,12+/m1/s1. The first-order valence-corrected chi connectivity index (χ1v) is 5.42. The van der Waals surface area contributed by atoms with Crippen LogP contribution in [0.25, 0.3) is 0 Å². The number of hydrogen-bond acceptors (Lipinski definition) is 2. The summed E-state index contributed by atoms with van der Waals surface area (Å²) in [5.41, 5.74) is 0.680. The second-order valence-corrected chi connectivity index (χ2v) is 4.26. The number of hydrogen-bond donors (Lipinski definition) is 0. The van der Waals surface area contributed by atoms with Crippen molar-refractivity contribution in [1.29, 1.82) is 5.26 Å². The van der Waals surface area contributed by atoms with Crippen molar-refractivity contribution in [2.24, 2.45) is 11.8 Å². The van der Waals surface area contributed by atoms with Gasteiger partial charge in [-0.2, -0.15) is 5.26 Å². The van der Waals surface area contributed by atoms with E-state index < -0.39 is 0 Å². The maximum Gasteiger partial charge on any atom is 0.119 e. The topological polar surface area (TPSA) is 33.0 Å². The van der Waals surface area contributed by atoms with Crippen molar-refractivity contribution in [1.82, 2.24) is 0 Å². The molecule has 1 aliphatic carbocycles. The molecule has 0 aliphatic heterocycles. The Labute approximate surface area is 90.5 Å². The Morgan fingerprint density at radius 2 is 2.07 bits per heavy atom. The van der Waals surface area contributed by atoms with E-state index in [1.807, 2.05) is 12.1 Å². The third-order valence-corrected chi connectivity index (χ3v) is 3.25. The maximum atomic E-state index is 8.64. The summed E-state index contributed by atoms with van der Waals surface area (Å²) in [6.07, 6.45) is 2.62. The van der Waals surface area contributed by atoms with Crippen LogP contribution in [0.2, 0.25) is 0 Å². The van der Waals surface area contributed by atoms with E-state index in [4.69, 9.17) is 10.00 Å². The fourth-order valence-corrected chi connectivity index (χ4v) is 1.81. The molecule has 0 aromatic heterocycles. The first kappa shape index (κ1) is 10.0. The minimum absolute atomic E-state index is 0.680. The zero-order valence-corrected chi connectivity index (χ0v) is 8.94. The van der Waals surface area contributed by atoms with Crippen LogP contribution in [0.15, 0.2) is 24.3 Å². The molecule has 1 aromatic carbocycles. The van der Waals surface area contributed by atoms with Crippen LogP contribution in [-0.4, -0.2) is 6.61 Å². The summed E-state index contributed by atoms with van der Waals surface area (Å²) in [5, 5.41) is 8.64. The van der Waals surface area contributed by atoms with Gasteiger partial charge in [0.25, 0.3) is 0 Å². The number of ether oxygens (including phenoxy) is 1. The van der Waals surface area contributed by atoms with E-state index in [-0.39, 0.29) is 0 Å². The predicted octanol–water partition coefficient (Wildman–Crippen LogP) is 2.98. The largest absolute Gasteiger partial charge is 0.493 e. The molecule has 0 heterocycles. The van der Waals surface area contributed by atoms with E-state index in [2.05, 4.69) is 13.0 Å². The lowest BCUT2D eigenvalue weighted by Crippen LogP contribution is -2.28. The molecular formula is C13H15NO. The summed E-state index contributed by atoms with van der Waals surface area (Å²) in [4.78, 5) is 0.